The van der Waals surface area contributed by atoms with Crippen LogP contribution in [0.1, 0.15) is 65.3 Å². The first-order chi connectivity index (χ1) is 12.6. The van der Waals surface area contributed by atoms with E-state index in [0.29, 0.717) is 17.2 Å². The fourth-order valence-electron chi connectivity index (χ4n) is 4.49. The summed E-state index contributed by atoms with van der Waals surface area (Å²) < 4.78 is 5.17. The van der Waals surface area contributed by atoms with Crippen LogP contribution in [0, 0.1) is 0 Å². The zero-order chi connectivity index (χ0) is 18.3. The van der Waals surface area contributed by atoms with Crippen LogP contribution in [0.5, 0.6) is 0 Å². The average molecular weight is 369 g/mol. The van der Waals surface area contributed by atoms with Crippen molar-refractivity contribution in [2.45, 2.75) is 44.4 Å². The fourth-order valence-corrected chi connectivity index (χ4v) is 4.66. The maximum absolute atomic E-state index is 13.5. The van der Waals surface area contributed by atoms with Crippen LogP contribution in [-0.4, -0.2) is 18.4 Å². The summed E-state index contributed by atoms with van der Waals surface area (Å²) in [5.74, 6) is -0.178. The molecule has 0 atom stereocenters. The summed E-state index contributed by atoms with van der Waals surface area (Å²) in [6, 6.07) is 11.1. The molecule has 1 spiro atoms. The molecule has 2 aromatic carbocycles. The molecule has 2 aliphatic rings. The summed E-state index contributed by atoms with van der Waals surface area (Å²) in [7, 11) is 0. The van der Waals surface area contributed by atoms with Gasteiger partial charge in [0, 0.05) is 10.6 Å². The van der Waals surface area contributed by atoms with E-state index < -0.39 is 5.41 Å². The number of carbonyl (C=O) groups is 2. The molecule has 2 aliphatic carbocycles. The number of hydrogen-bond donors (Lipinski definition) is 0. The lowest BCUT2D eigenvalue weighted by Crippen LogP contribution is -2.41. The SMILES string of the molecule is CCOC(=O)c1ccc2c(c1)C1(CCCCC1)C(=O)c1ccc(Cl)cc1-2. The molecule has 0 radical (unpaired) electrons. The van der Waals surface area contributed by atoms with Crippen LogP contribution in [0.4, 0.5) is 0 Å². The first kappa shape index (κ1) is 17.3. The van der Waals surface area contributed by atoms with Crippen molar-refractivity contribution in [3.05, 3.63) is 58.1 Å². The Balaban J connectivity index is 1.95. The van der Waals surface area contributed by atoms with Crippen LogP contribution in [0.25, 0.3) is 11.1 Å². The molecule has 4 rings (SSSR count). The second-order valence-electron chi connectivity index (χ2n) is 7.14. The standard InChI is InChI=1S/C22H21ClO3/c1-2-26-21(25)14-6-8-16-18-13-15(23)7-9-17(18)20(24)22(19(16)12-14)10-4-3-5-11-22/h6-9,12-13H,2-5,10-11H2,1H3. The Morgan fingerprint density at radius 3 is 2.50 bits per heavy atom. The van der Waals surface area contributed by atoms with Crippen LogP contribution in [-0.2, 0) is 10.2 Å². The van der Waals surface area contributed by atoms with Gasteiger partial charge in [0.1, 0.15) is 0 Å². The fraction of sp³-hybridized carbons (Fsp3) is 0.364. The van der Waals surface area contributed by atoms with Gasteiger partial charge in [-0.05, 0) is 66.8 Å². The summed E-state index contributed by atoms with van der Waals surface area (Å²) in [4.78, 5) is 25.8. The Kier molecular flexibility index (Phi) is 4.36. The number of benzene rings is 2. The van der Waals surface area contributed by atoms with Crippen molar-refractivity contribution in [1.29, 1.82) is 0 Å². The molecule has 0 aliphatic heterocycles. The number of carbonyl (C=O) groups excluding carboxylic acids is 2. The molecule has 1 saturated carbocycles. The second-order valence-corrected chi connectivity index (χ2v) is 7.58. The van der Waals surface area contributed by atoms with E-state index in [9.17, 15) is 9.59 Å². The normalized spacial score (nSPS) is 17.5. The number of Topliss-reactive ketones (excluding diaryl/α,β-unsaturated/α-hetero) is 1. The van der Waals surface area contributed by atoms with Gasteiger partial charge in [0.05, 0.1) is 17.6 Å². The molecule has 0 saturated heterocycles. The zero-order valence-corrected chi connectivity index (χ0v) is 15.6. The third-order valence-corrected chi connectivity index (χ3v) is 5.94. The van der Waals surface area contributed by atoms with Crippen LogP contribution in [0.3, 0.4) is 0 Å². The number of esters is 1. The predicted octanol–water partition coefficient (Wildman–Crippen LogP) is 5.58. The molecule has 4 heteroatoms. The quantitative estimate of drug-likeness (QED) is 0.649. The van der Waals surface area contributed by atoms with E-state index in [0.717, 1.165) is 54.4 Å². The van der Waals surface area contributed by atoms with Gasteiger partial charge in [0.25, 0.3) is 0 Å². The van der Waals surface area contributed by atoms with Crippen molar-refractivity contribution >= 4 is 23.4 Å². The molecule has 0 heterocycles. The third kappa shape index (κ3) is 2.57. The van der Waals surface area contributed by atoms with Crippen molar-refractivity contribution < 1.29 is 14.3 Å². The molecule has 2 aromatic rings. The highest BCUT2D eigenvalue weighted by molar-refractivity contribution is 6.31. The van der Waals surface area contributed by atoms with Gasteiger partial charge in [-0.3, -0.25) is 4.79 Å². The number of fused-ring (bicyclic) bond motifs is 4. The van der Waals surface area contributed by atoms with Gasteiger partial charge in [-0.1, -0.05) is 36.9 Å². The van der Waals surface area contributed by atoms with Gasteiger partial charge in [0.15, 0.2) is 5.78 Å². The Labute approximate surface area is 158 Å². The van der Waals surface area contributed by atoms with E-state index >= 15 is 0 Å². The number of ether oxygens (including phenoxy) is 1. The third-order valence-electron chi connectivity index (χ3n) is 5.70. The summed E-state index contributed by atoms with van der Waals surface area (Å²) in [5, 5.41) is 0.608. The number of hydrogen-bond acceptors (Lipinski definition) is 3. The average Bonchev–Trinajstić information content (AvgIpc) is 2.67. The van der Waals surface area contributed by atoms with Gasteiger partial charge >= 0.3 is 5.97 Å². The van der Waals surface area contributed by atoms with Crippen molar-refractivity contribution in [3.8, 4) is 11.1 Å². The molecule has 0 amide bonds. The summed E-state index contributed by atoms with van der Waals surface area (Å²) >= 11 is 6.21. The Morgan fingerprint density at radius 2 is 1.77 bits per heavy atom. The summed E-state index contributed by atoms with van der Waals surface area (Å²) in [6.07, 6.45) is 4.85. The highest BCUT2D eigenvalue weighted by Crippen LogP contribution is 2.51. The first-order valence-corrected chi connectivity index (χ1v) is 9.61. The van der Waals surface area contributed by atoms with Gasteiger partial charge in [-0.15, -0.1) is 0 Å². The Hall–Kier alpha value is -2.13. The second kappa shape index (κ2) is 6.55. The van der Waals surface area contributed by atoms with Gasteiger partial charge in [-0.2, -0.15) is 0 Å². The molecule has 0 bridgehead atoms. The van der Waals surface area contributed by atoms with Gasteiger partial charge in [0.2, 0.25) is 0 Å². The highest BCUT2D eigenvalue weighted by atomic mass is 35.5. The molecule has 0 aromatic heterocycles. The first-order valence-electron chi connectivity index (χ1n) is 9.23. The van der Waals surface area contributed by atoms with Crippen LogP contribution in [0.15, 0.2) is 36.4 Å². The topological polar surface area (TPSA) is 43.4 Å². The largest absolute Gasteiger partial charge is 0.462 e. The summed E-state index contributed by atoms with van der Waals surface area (Å²) in [6.45, 7) is 2.12. The van der Waals surface area contributed by atoms with E-state index in [4.69, 9.17) is 16.3 Å². The number of halogens is 1. The van der Waals surface area contributed by atoms with Crippen molar-refractivity contribution in [2.75, 3.05) is 6.61 Å². The minimum Gasteiger partial charge on any atom is -0.462 e. The minimum absolute atomic E-state index is 0.164. The molecule has 1 fully saturated rings. The van der Waals surface area contributed by atoms with E-state index in [2.05, 4.69) is 0 Å². The van der Waals surface area contributed by atoms with E-state index in [1.54, 1.807) is 19.1 Å². The van der Waals surface area contributed by atoms with Crippen LogP contribution >= 0.6 is 11.6 Å². The summed E-state index contributed by atoms with van der Waals surface area (Å²) in [5.41, 5.74) is 3.56. The smallest absolute Gasteiger partial charge is 0.338 e. The molecule has 3 nitrogen and oxygen atoms in total. The maximum atomic E-state index is 13.5. The van der Waals surface area contributed by atoms with Crippen LogP contribution < -0.4 is 0 Å². The van der Waals surface area contributed by atoms with Crippen molar-refractivity contribution in [3.63, 3.8) is 0 Å². The molecule has 0 unspecified atom stereocenters. The Morgan fingerprint density at radius 1 is 1.04 bits per heavy atom. The van der Waals surface area contributed by atoms with Gasteiger partial charge < -0.3 is 4.74 Å². The molecule has 134 valence electrons. The number of ketones is 1. The number of rotatable bonds is 2. The van der Waals surface area contributed by atoms with Crippen molar-refractivity contribution in [1.82, 2.24) is 0 Å². The lowest BCUT2D eigenvalue weighted by atomic mass is 9.60. The van der Waals surface area contributed by atoms with Gasteiger partial charge in [-0.25, -0.2) is 4.79 Å². The van der Waals surface area contributed by atoms with E-state index in [1.807, 2.05) is 24.3 Å². The maximum Gasteiger partial charge on any atom is 0.338 e. The molecular weight excluding hydrogens is 348 g/mol. The zero-order valence-electron chi connectivity index (χ0n) is 14.8. The highest BCUT2D eigenvalue weighted by Gasteiger charge is 2.46. The minimum atomic E-state index is -0.531. The molecular formula is C22H21ClO3. The predicted molar refractivity (Wildman–Crippen MR) is 102 cm³/mol. The van der Waals surface area contributed by atoms with E-state index in [1.165, 1.54) is 0 Å². The lowest BCUT2D eigenvalue weighted by Gasteiger charge is -2.41. The molecule has 26 heavy (non-hydrogen) atoms. The Bertz CT molecular complexity index is 894. The van der Waals surface area contributed by atoms with E-state index in [-0.39, 0.29) is 11.8 Å². The van der Waals surface area contributed by atoms with Crippen molar-refractivity contribution in [2.24, 2.45) is 0 Å². The van der Waals surface area contributed by atoms with Crippen LogP contribution in [0.2, 0.25) is 5.02 Å². The molecule has 0 N–H and O–H groups in total. The lowest BCUT2D eigenvalue weighted by molar-refractivity contribution is 0.0525. The monoisotopic (exact) mass is 368 g/mol.